The van der Waals surface area contributed by atoms with Crippen molar-refractivity contribution in [1.82, 2.24) is 10.4 Å². The van der Waals surface area contributed by atoms with E-state index in [0.717, 1.165) is 3.57 Å². The number of nitrogens with one attached hydrogen (secondary N) is 2. The second kappa shape index (κ2) is 10.3. The highest BCUT2D eigenvalue weighted by atomic mass is 127. The molecule has 34 heavy (non-hydrogen) atoms. The Morgan fingerprint density at radius 2 is 1.62 bits per heavy atom. The molecule has 2 N–H and O–H groups in total. The average Bonchev–Trinajstić information content (AvgIpc) is 3.05. The van der Waals surface area contributed by atoms with Gasteiger partial charge in [0.05, 0.1) is 12.1 Å². The number of carbonyl (C=O) groups excluding carboxylic acids is 3. The first-order valence-corrected chi connectivity index (χ1v) is 11.7. The van der Waals surface area contributed by atoms with Gasteiger partial charge in [0, 0.05) is 14.8 Å². The van der Waals surface area contributed by atoms with Crippen molar-refractivity contribution < 1.29 is 18.8 Å². The molecular formula is C24H18FIN4O3S. The largest absolute Gasteiger partial charge is 0.326 e. The van der Waals surface area contributed by atoms with Gasteiger partial charge in [-0.3, -0.25) is 24.7 Å². The minimum Gasteiger partial charge on any atom is -0.326 e. The molecule has 3 aromatic rings. The molecule has 0 aromatic heterocycles. The maximum atomic E-state index is 13.4. The quantitative estimate of drug-likeness (QED) is 0.335. The lowest BCUT2D eigenvalue weighted by Gasteiger charge is -2.24. The minimum atomic E-state index is -1.09. The summed E-state index contributed by atoms with van der Waals surface area (Å²) in [4.78, 5) is 40.1. The molecule has 172 valence electrons. The summed E-state index contributed by atoms with van der Waals surface area (Å²) in [7, 11) is 0. The van der Waals surface area contributed by atoms with Crippen LogP contribution in [0.1, 0.15) is 16.8 Å². The van der Waals surface area contributed by atoms with Gasteiger partial charge < -0.3 is 5.32 Å². The van der Waals surface area contributed by atoms with Crippen molar-refractivity contribution in [2.45, 2.75) is 12.5 Å². The van der Waals surface area contributed by atoms with Gasteiger partial charge in [-0.2, -0.15) is 0 Å². The SMILES string of the molecule is O=C(CC1C(=O)N(c2ccc(F)cc2)C(=S)N1NC(=O)c1ccccc1)Nc1ccc(I)cc1. The molecule has 1 atom stereocenters. The zero-order valence-corrected chi connectivity index (χ0v) is 20.5. The Morgan fingerprint density at radius 3 is 2.26 bits per heavy atom. The van der Waals surface area contributed by atoms with Gasteiger partial charge >= 0.3 is 0 Å². The number of hydrazine groups is 1. The number of hydrogen-bond donors (Lipinski definition) is 2. The van der Waals surface area contributed by atoms with Gasteiger partial charge in [-0.1, -0.05) is 18.2 Å². The van der Waals surface area contributed by atoms with Crippen molar-refractivity contribution >= 4 is 69.0 Å². The molecule has 0 aliphatic carbocycles. The van der Waals surface area contributed by atoms with E-state index in [2.05, 4.69) is 33.3 Å². The third kappa shape index (κ3) is 5.23. The lowest BCUT2D eigenvalue weighted by atomic mass is 10.1. The highest BCUT2D eigenvalue weighted by molar-refractivity contribution is 14.1. The van der Waals surface area contributed by atoms with Gasteiger partial charge in [-0.05, 0) is 95.5 Å². The number of nitrogens with zero attached hydrogens (tertiary/aromatic N) is 2. The molecule has 7 nitrogen and oxygen atoms in total. The van der Waals surface area contributed by atoms with Gasteiger partial charge in [-0.25, -0.2) is 9.40 Å². The number of thiocarbonyl (C=S) groups is 1. The van der Waals surface area contributed by atoms with E-state index >= 15 is 0 Å². The topological polar surface area (TPSA) is 81.8 Å². The van der Waals surface area contributed by atoms with E-state index in [4.69, 9.17) is 12.2 Å². The Labute approximate surface area is 214 Å². The monoisotopic (exact) mass is 588 g/mol. The summed E-state index contributed by atoms with van der Waals surface area (Å²) in [5, 5.41) is 3.95. The maximum absolute atomic E-state index is 13.4. The normalized spacial score (nSPS) is 15.4. The Hall–Kier alpha value is -3.38. The Kier molecular flexibility index (Phi) is 7.17. The van der Waals surface area contributed by atoms with Crippen molar-refractivity contribution in [2.24, 2.45) is 0 Å². The number of anilines is 2. The fourth-order valence-corrected chi connectivity index (χ4v) is 4.14. The highest BCUT2D eigenvalue weighted by Crippen LogP contribution is 2.27. The van der Waals surface area contributed by atoms with Crippen molar-refractivity contribution in [3.05, 3.63) is 93.8 Å². The summed E-state index contributed by atoms with van der Waals surface area (Å²) in [6.45, 7) is 0. The van der Waals surface area contributed by atoms with Gasteiger partial charge in [0.25, 0.3) is 11.8 Å². The van der Waals surface area contributed by atoms with Crippen LogP contribution in [0.5, 0.6) is 0 Å². The molecule has 4 rings (SSSR count). The molecule has 10 heteroatoms. The van der Waals surface area contributed by atoms with Crippen LogP contribution < -0.4 is 15.6 Å². The molecule has 1 fully saturated rings. The number of benzene rings is 3. The first-order chi connectivity index (χ1) is 16.3. The summed E-state index contributed by atoms with van der Waals surface area (Å²) < 4.78 is 14.4. The maximum Gasteiger partial charge on any atom is 0.269 e. The number of rotatable bonds is 6. The van der Waals surface area contributed by atoms with Crippen LogP contribution in [0.4, 0.5) is 15.8 Å². The van der Waals surface area contributed by atoms with Crippen LogP contribution in [0.25, 0.3) is 0 Å². The van der Waals surface area contributed by atoms with Gasteiger partial charge in [0.15, 0.2) is 0 Å². The Bertz CT molecular complexity index is 1240. The van der Waals surface area contributed by atoms with E-state index < -0.39 is 29.6 Å². The number of halogens is 2. The van der Waals surface area contributed by atoms with E-state index in [9.17, 15) is 18.8 Å². The lowest BCUT2D eigenvalue weighted by molar-refractivity contribution is -0.124. The standard InChI is InChI=1S/C24H18FIN4O3S/c25-16-6-12-19(13-7-16)29-23(33)20(14-21(31)27-18-10-8-17(26)9-11-18)30(24(29)34)28-22(32)15-4-2-1-3-5-15/h1-13,20H,14H2,(H,27,31)(H,28,32). The first-order valence-electron chi connectivity index (χ1n) is 10.2. The molecule has 3 amide bonds. The van der Waals surface area contributed by atoms with Crippen LogP contribution in [0.15, 0.2) is 78.9 Å². The molecule has 0 bridgehead atoms. The van der Waals surface area contributed by atoms with Crippen LogP contribution in [-0.4, -0.2) is 33.9 Å². The molecule has 3 aromatic carbocycles. The van der Waals surface area contributed by atoms with Crippen molar-refractivity contribution in [2.75, 3.05) is 10.2 Å². The minimum absolute atomic E-state index is 0.0204. The average molecular weight is 588 g/mol. The molecule has 1 heterocycles. The van der Waals surface area contributed by atoms with Crippen LogP contribution in [0, 0.1) is 9.39 Å². The smallest absolute Gasteiger partial charge is 0.269 e. The fraction of sp³-hybridized carbons (Fsp3) is 0.0833. The number of carbonyl (C=O) groups is 3. The van der Waals surface area contributed by atoms with Gasteiger partial charge in [-0.15, -0.1) is 0 Å². The highest BCUT2D eigenvalue weighted by Gasteiger charge is 2.45. The van der Waals surface area contributed by atoms with E-state index in [0.29, 0.717) is 16.9 Å². The molecule has 1 unspecified atom stereocenters. The Morgan fingerprint density at radius 1 is 0.971 bits per heavy atom. The third-order valence-electron chi connectivity index (χ3n) is 5.06. The molecule has 0 spiro atoms. The molecule has 0 saturated carbocycles. The summed E-state index contributed by atoms with van der Waals surface area (Å²) in [5.41, 5.74) is 3.92. The molecular weight excluding hydrogens is 570 g/mol. The number of amides is 3. The molecule has 1 aliphatic heterocycles. The fourth-order valence-electron chi connectivity index (χ4n) is 3.41. The lowest BCUT2D eigenvalue weighted by Crippen LogP contribution is -2.49. The van der Waals surface area contributed by atoms with Crippen molar-refractivity contribution in [1.29, 1.82) is 0 Å². The van der Waals surface area contributed by atoms with E-state index in [1.807, 2.05) is 12.1 Å². The van der Waals surface area contributed by atoms with Crippen LogP contribution in [-0.2, 0) is 9.59 Å². The first kappa shape index (κ1) is 23.8. The van der Waals surface area contributed by atoms with Gasteiger partial charge in [0.1, 0.15) is 11.9 Å². The zero-order valence-electron chi connectivity index (χ0n) is 17.6. The van der Waals surface area contributed by atoms with Crippen molar-refractivity contribution in [3.63, 3.8) is 0 Å². The van der Waals surface area contributed by atoms with Crippen LogP contribution >= 0.6 is 34.8 Å². The van der Waals surface area contributed by atoms with Crippen molar-refractivity contribution in [3.8, 4) is 0 Å². The molecule has 1 aliphatic rings. The molecule has 1 saturated heterocycles. The molecule has 0 radical (unpaired) electrons. The van der Waals surface area contributed by atoms with Crippen LogP contribution in [0.3, 0.4) is 0 Å². The van der Waals surface area contributed by atoms with E-state index in [1.165, 1.54) is 34.2 Å². The van der Waals surface area contributed by atoms with E-state index in [-0.39, 0.29) is 11.5 Å². The second-order valence-electron chi connectivity index (χ2n) is 7.38. The number of hydrogen-bond acceptors (Lipinski definition) is 4. The summed E-state index contributed by atoms with van der Waals surface area (Å²) in [5.74, 6) is -1.89. The summed E-state index contributed by atoms with van der Waals surface area (Å²) >= 11 is 7.64. The predicted octanol–water partition coefficient (Wildman–Crippen LogP) is 4.11. The predicted molar refractivity (Wildman–Crippen MR) is 138 cm³/mol. The van der Waals surface area contributed by atoms with Crippen LogP contribution in [0.2, 0.25) is 0 Å². The summed E-state index contributed by atoms with van der Waals surface area (Å²) in [6, 6.07) is 19.7. The second-order valence-corrected chi connectivity index (χ2v) is 9.00. The third-order valence-corrected chi connectivity index (χ3v) is 6.16. The Balaban J connectivity index is 1.59. The summed E-state index contributed by atoms with van der Waals surface area (Å²) in [6.07, 6.45) is -0.266. The van der Waals surface area contributed by atoms with Gasteiger partial charge in [0.2, 0.25) is 11.0 Å². The van der Waals surface area contributed by atoms with E-state index in [1.54, 1.807) is 42.5 Å². The zero-order chi connectivity index (χ0) is 24.2.